The van der Waals surface area contributed by atoms with E-state index in [4.69, 9.17) is 10.5 Å². The molecule has 0 atom stereocenters. The topological polar surface area (TPSA) is 81.4 Å². The van der Waals surface area contributed by atoms with Crippen molar-refractivity contribution in [1.29, 1.82) is 0 Å². The van der Waals surface area contributed by atoms with E-state index in [0.29, 0.717) is 11.3 Å². The lowest BCUT2D eigenvalue weighted by Gasteiger charge is -2.07. The minimum absolute atomic E-state index is 0.0376. The van der Waals surface area contributed by atoms with Gasteiger partial charge in [0, 0.05) is 5.69 Å². The maximum absolute atomic E-state index is 13.0. The third kappa shape index (κ3) is 4.31. The van der Waals surface area contributed by atoms with Crippen LogP contribution in [-0.2, 0) is 11.3 Å². The number of hydrogen-bond donors (Lipinski definition) is 2. The number of nitrogens with one attached hydrogen (secondary N) is 1. The number of primary amides is 1. The lowest BCUT2D eigenvalue weighted by atomic mass is 10.2. The summed E-state index contributed by atoms with van der Waals surface area (Å²) in [6.07, 6.45) is 0. The van der Waals surface area contributed by atoms with Crippen molar-refractivity contribution in [2.24, 2.45) is 5.73 Å². The lowest BCUT2D eigenvalue weighted by Crippen LogP contribution is -2.19. The van der Waals surface area contributed by atoms with E-state index in [-0.39, 0.29) is 12.2 Å². The third-order valence-electron chi connectivity index (χ3n) is 2.62. The first-order chi connectivity index (χ1) is 10.0. The van der Waals surface area contributed by atoms with Crippen LogP contribution in [0.25, 0.3) is 0 Å². The van der Waals surface area contributed by atoms with Gasteiger partial charge in [-0.15, -0.1) is 0 Å². The van der Waals surface area contributed by atoms with Crippen molar-refractivity contribution in [3.05, 3.63) is 65.5 Å². The Kier molecular flexibility index (Phi) is 4.50. The molecule has 0 saturated heterocycles. The van der Waals surface area contributed by atoms with Crippen molar-refractivity contribution in [1.82, 2.24) is 0 Å². The summed E-state index contributed by atoms with van der Waals surface area (Å²) in [4.78, 5) is 22.6. The van der Waals surface area contributed by atoms with E-state index >= 15 is 0 Å². The van der Waals surface area contributed by atoms with Crippen LogP contribution < -0.4 is 11.1 Å². The van der Waals surface area contributed by atoms with Gasteiger partial charge in [0.05, 0.1) is 5.56 Å². The smallest absolute Gasteiger partial charge is 0.338 e. The van der Waals surface area contributed by atoms with Crippen molar-refractivity contribution in [2.45, 2.75) is 6.61 Å². The molecule has 0 aliphatic heterocycles. The number of anilines is 1. The molecule has 0 bridgehead atoms. The first-order valence-electron chi connectivity index (χ1n) is 6.12. The van der Waals surface area contributed by atoms with E-state index in [1.807, 2.05) is 0 Å². The van der Waals surface area contributed by atoms with Crippen molar-refractivity contribution in [3.8, 4) is 0 Å². The van der Waals surface area contributed by atoms with Crippen LogP contribution in [0.1, 0.15) is 15.9 Å². The molecule has 0 saturated carbocycles. The van der Waals surface area contributed by atoms with Crippen molar-refractivity contribution >= 4 is 17.7 Å². The number of carbonyl (C=O) groups is 2. The predicted octanol–water partition coefficient (Wildman–Crippen LogP) is 2.67. The molecule has 0 radical (unpaired) electrons. The van der Waals surface area contributed by atoms with Crippen LogP contribution in [0.15, 0.2) is 48.5 Å². The van der Waals surface area contributed by atoms with Gasteiger partial charge in [0.15, 0.2) is 0 Å². The number of benzene rings is 2. The maximum atomic E-state index is 13.0. The average Bonchev–Trinajstić information content (AvgIpc) is 2.44. The number of esters is 1. The summed E-state index contributed by atoms with van der Waals surface area (Å²) >= 11 is 0. The van der Waals surface area contributed by atoms with Crippen LogP contribution in [0, 0.1) is 5.82 Å². The molecule has 0 aliphatic carbocycles. The van der Waals surface area contributed by atoms with Gasteiger partial charge in [-0.25, -0.2) is 14.0 Å². The highest BCUT2D eigenvalue weighted by molar-refractivity contribution is 5.93. The van der Waals surface area contributed by atoms with Crippen molar-refractivity contribution in [2.75, 3.05) is 5.32 Å². The van der Waals surface area contributed by atoms with E-state index in [1.54, 1.807) is 24.3 Å². The molecule has 0 aromatic heterocycles. The number of halogens is 1. The molecule has 2 aromatic carbocycles. The van der Waals surface area contributed by atoms with Gasteiger partial charge in [-0.05, 0) is 35.9 Å². The van der Waals surface area contributed by atoms with Crippen LogP contribution >= 0.6 is 0 Å². The zero-order valence-electron chi connectivity index (χ0n) is 11.0. The standard InChI is InChI=1S/C15H13FN2O3/c16-12-5-1-3-10(7-12)9-21-14(19)11-4-2-6-13(8-11)18-15(17)20/h1-8H,9H2,(H3,17,18,20). The molecule has 0 unspecified atom stereocenters. The molecular formula is C15H13FN2O3. The fraction of sp³-hybridized carbons (Fsp3) is 0.0667. The van der Waals surface area contributed by atoms with Crippen LogP contribution in [0.5, 0.6) is 0 Å². The van der Waals surface area contributed by atoms with Crippen LogP contribution in [0.3, 0.4) is 0 Å². The SMILES string of the molecule is NC(=O)Nc1cccc(C(=O)OCc2cccc(F)c2)c1. The monoisotopic (exact) mass is 288 g/mol. The van der Waals surface area contributed by atoms with Gasteiger partial charge in [-0.2, -0.15) is 0 Å². The highest BCUT2D eigenvalue weighted by Crippen LogP contribution is 2.13. The quantitative estimate of drug-likeness (QED) is 0.849. The number of carbonyl (C=O) groups excluding carboxylic acids is 2. The molecule has 6 heteroatoms. The number of urea groups is 1. The number of rotatable bonds is 4. The molecule has 2 amide bonds. The summed E-state index contributed by atoms with van der Waals surface area (Å²) in [6.45, 7) is -0.0376. The number of hydrogen-bond acceptors (Lipinski definition) is 3. The van der Waals surface area contributed by atoms with Gasteiger partial charge in [-0.1, -0.05) is 18.2 Å². The molecular weight excluding hydrogens is 275 g/mol. The number of ether oxygens (including phenoxy) is 1. The highest BCUT2D eigenvalue weighted by Gasteiger charge is 2.09. The second kappa shape index (κ2) is 6.51. The van der Waals surface area contributed by atoms with E-state index in [0.717, 1.165) is 0 Å². The van der Waals surface area contributed by atoms with Gasteiger partial charge in [0.25, 0.3) is 0 Å². The zero-order chi connectivity index (χ0) is 15.2. The Morgan fingerprint density at radius 2 is 1.90 bits per heavy atom. The highest BCUT2D eigenvalue weighted by atomic mass is 19.1. The Labute approximate surface area is 120 Å². The summed E-state index contributed by atoms with van der Waals surface area (Å²) < 4.78 is 18.1. The molecule has 2 aromatic rings. The normalized spacial score (nSPS) is 9.95. The molecule has 108 valence electrons. The Balaban J connectivity index is 2.01. The minimum Gasteiger partial charge on any atom is -0.457 e. The van der Waals surface area contributed by atoms with E-state index < -0.39 is 17.8 Å². The summed E-state index contributed by atoms with van der Waals surface area (Å²) in [5.41, 5.74) is 6.20. The second-order valence-corrected chi connectivity index (χ2v) is 4.28. The maximum Gasteiger partial charge on any atom is 0.338 e. The molecule has 3 N–H and O–H groups in total. The summed E-state index contributed by atoms with van der Waals surface area (Å²) in [5.74, 6) is -0.969. The minimum atomic E-state index is -0.722. The van der Waals surface area contributed by atoms with Gasteiger partial charge in [0.2, 0.25) is 0 Å². The largest absolute Gasteiger partial charge is 0.457 e. The van der Waals surface area contributed by atoms with Gasteiger partial charge < -0.3 is 15.8 Å². The van der Waals surface area contributed by atoms with Gasteiger partial charge in [0.1, 0.15) is 12.4 Å². The number of nitrogens with two attached hydrogens (primary N) is 1. The molecule has 21 heavy (non-hydrogen) atoms. The molecule has 0 spiro atoms. The summed E-state index contributed by atoms with van der Waals surface area (Å²) in [6, 6.07) is 11.2. The Hall–Kier alpha value is -2.89. The molecule has 0 fully saturated rings. The van der Waals surface area contributed by atoms with Gasteiger partial charge in [-0.3, -0.25) is 0 Å². The average molecular weight is 288 g/mol. The van der Waals surface area contributed by atoms with Crippen molar-refractivity contribution in [3.63, 3.8) is 0 Å². The lowest BCUT2D eigenvalue weighted by molar-refractivity contribution is 0.0472. The molecule has 0 heterocycles. The Morgan fingerprint density at radius 3 is 2.62 bits per heavy atom. The predicted molar refractivity (Wildman–Crippen MR) is 75.2 cm³/mol. The number of amides is 2. The van der Waals surface area contributed by atoms with Crippen LogP contribution in [0.2, 0.25) is 0 Å². The fourth-order valence-electron chi connectivity index (χ4n) is 1.73. The molecule has 5 nitrogen and oxygen atoms in total. The van der Waals surface area contributed by atoms with E-state index in [1.165, 1.54) is 24.3 Å². The molecule has 2 rings (SSSR count). The van der Waals surface area contributed by atoms with E-state index in [2.05, 4.69) is 5.32 Å². The van der Waals surface area contributed by atoms with Gasteiger partial charge >= 0.3 is 12.0 Å². The summed E-state index contributed by atoms with van der Waals surface area (Å²) in [7, 11) is 0. The first-order valence-corrected chi connectivity index (χ1v) is 6.12. The van der Waals surface area contributed by atoms with Crippen molar-refractivity contribution < 1.29 is 18.7 Å². The Bertz CT molecular complexity index is 673. The van der Waals surface area contributed by atoms with Crippen LogP contribution in [-0.4, -0.2) is 12.0 Å². The second-order valence-electron chi connectivity index (χ2n) is 4.28. The van der Waals surface area contributed by atoms with Crippen LogP contribution in [0.4, 0.5) is 14.9 Å². The first kappa shape index (κ1) is 14.5. The Morgan fingerprint density at radius 1 is 1.14 bits per heavy atom. The van der Waals surface area contributed by atoms with E-state index in [9.17, 15) is 14.0 Å². The molecule has 0 aliphatic rings. The third-order valence-corrected chi connectivity index (χ3v) is 2.62. The zero-order valence-corrected chi connectivity index (χ0v) is 11.0. The summed E-state index contributed by atoms with van der Waals surface area (Å²) in [5, 5.41) is 2.36. The fourth-order valence-corrected chi connectivity index (χ4v) is 1.73.